The quantitative estimate of drug-likeness (QED) is 0.785. The number of ketones is 2. The number of Topliss-reactive ketones (excluding diaryl/α,β-unsaturated/α-hetero) is 1. The molecule has 0 bridgehead atoms. The molecule has 0 saturated heterocycles. The Hall–Kier alpha value is -2.47. The summed E-state index contributed by atoms with van der Waals surface area (Å²) in [6.07, 6.45) is 3.72. The molecule has 0 atom stereocenters. The number of allylic oxidation sites excluding steroid dienone is 1. The molecule has 3 rings (SSSR count). The van der Waals surface area contributed by atoms with E-state index in [2.05, 4.69) is 0 Å². The molecule has 1 aromatic carbocycles. The highest BCUT2D eigenvalue weighted by Gasteiger charge is 2.28. The highest BCUT2D eigenvalue weighted by molar-refractivity contribution is 7.90. The molecule has 0 N–H and O–H groups in total. The van der Waals surface area contributed by atoms with Crippen LogP contribution in [-0.4, -0.2) is 24.0 Å². The molecule has 0 amide bonds. The first-order valence-corrected chi connectivity index (χ1v) is 7.24. The highest BCUT2D eigenvalue weighted by atomic mass is 32.2. The van der Waals surface area contributed by atoms with E-state index in [9.17, 15) is 18.0 Å². The van der Waals surface area contributed by atoms with Crippen molar-refractivity contribution >= 4 is 27.7 Å². The van der Waals surface area contributed by atoms with E-state index in [0.717, 1.165) is 10.0 Å². The molecule has 20 heavy (non-hydrogen) atoms. The maximum Gasteiger partial charge on any atom is 0.268 e. The number of hydrogen-bond donors (Lipinski definition) is 0. The van der Waals surface area contributed by atoms with Gasteiger partial charge in [-0.15, -0.1) is 0 Å². The molecule has 6 heteroatoms. The predicted octanol–water partition coefficient (Wildman–Crippen LogP) is 1.50. The maximum atomic E-state index is 12.5. The second kappa shape index (κ2) is 4.28. The summed E-state index contributed by atoms with van der Waals surface area (Å²) >= 11 is 0. The zero-order valence-corrected chi connectivity index (χ0v) is 11.0. The van der Waals surface area contributed by atoms with Gasteiger partial charge in [-0.2, -0.15) is 0 Å². The first-order chi connectivity index (χ1) is 9.51. The van der Waals surface area contributed by atoms with E-state index in [-0.39, 0.29) is 16.2 Å². The minimum absolute atomic E-state index is 0.108. The van der Waals surface area contributed by atoms with Gasteiger partial charge in [0.1, 0.15) is 0 Å². The van der Waals surface area contributed by atoms with E-state index in [1.165, 1.54) is 30.5 Å². The van der Waals surface area contributed by atoms with Gasteiger partial charge in [0.2, 0.25) is 11.6 Å². The molecule has 0 aliphatic heterocycles. The number of carbonyl (C=O) groups excluding carboxylic acids is 2. The Kier molecular flexibility index (Phi) is 2.69. The molecule has 2 aromatic rings. The first-order valence-electron chi connectivity index (χ1n) is 5.80. The summed E-state index contributed by atoms with van der Waals surface area (Å²) in [5, 5.41) is 0. The van der Waals surface area contributed by atoms with E-state index in [1.807, 2.05) is 0 Å². The van der Waals surface area contributed by atoms with Gasteiger partial charge in [-0.1, -0.05) is 18.2 Å². The Morgan fingerprint density at radius 2 is 1.60 bits per heavy atom. The number of benzene rings is 1. The lowest BCUT2D eigenvalue weighted by molar-refractivity contribution is -0.110. The predicted molar refractivity (Wildman–Crippen MR) is 71.8 cm³/mol. The first kappa shape index (κ1) is 12.6. The Balaban J connectivity index is 2.20. The Morgan fingerprint density at radius 3 is 2.30 bits per heavy atom. The van der Waals surface area contributed by atoms with Gasteiger partial charge in [0.05, 0.1) is 16.2 Å². The van der Waals surface area contributed by atoms with Crippen LogP contribution in [0.1, 0.15) is 16.1 Å². The molecular formula is C14H9NO4S. The average molecular weight is 287 g/mol. The standard InChI is InChI=1S/C14H9NO4S/c16-13-7-6-12-11(14(13)17)8-9-15(12)20(18,19)10-4-2-1-3-5-10/h1-9H. The lowest BCUT2D eigenvalue weighted by Crippen LogP contribution is -2.19. The zero-order chi connectivity index (χ0) is 14.3. The average Bonchev–Trinajstić information content (AvgIpc) is 2.89. The second-order valence-corrected chi connectivity index (χ2v) is 6.07. The molecule has 0 radical (unpaired) electrons. The summed E-state index contributed by atoms with van der Waals surface area (Å²) in [6, 6.07) is 9.25. The van der Waals surface area contributed by atoms with Crippen molar-refractivity contribution in [1.82, 2.24) is 3.97 Å². The van der Waals surface area contributed by atoms with Crippen molar-refractivity contribution in [3.63, 3.8) is 0 Å². The molecule has 100 valence electrons. The van der Waals surface area contributed by atoms with Gasteiger partial charge in [-0.3, -0.25) is 9.59 Å². The van der Waals surface area contributed by atoms with Crippen LogP contribution in [0.5, 0.6) is 0 Å². The van der Waals surface area contributed by atoms with Crippen molar-refractivity contribution in [2.45, 2.75) is 4.90 Å². The molecule has 0 unspecified atom stereocenters. The van der Waals surface area contributed by atoms with Crippen molar-refractivity contribution in [3.8, 4) is 0 Å². The van der Waals surface area contributed by atoms with Crippen molar-refractivity contribution in [2.75, 3.05) is 0 Å². The summed E-state index contributed by atoms with van der Waals surface area (Å²) in [4.78, 5) is 23.1. The molecule has 1 aromatic heterocycles. The van der Waals surface area contributed by atoms with Crippen LogP contribution >= 0.6 is 0 Å². The van der Waals surface area contributed by atoms with Gasteiger partial charge in [-0.25, -0.2) is 12.4 Å². The van der Waals surface area contributed by atoms with E-state index in [0.29, 0.717) is 0 Å². The number of rotatable bonds is 2. The van der Waals surface area contributed by atoms with E-state index >= 15 is 0 Å². The monoisotopic (exact) mass is 287 g/mol. The van der Waals surface area contributed by atoms with Crippen LogP contribution in [-0.2, 0) is 14.8 Å². The van der Waals surface area contributed by atoms with Crippen molar-refractivity contribution in [2.24, 2.45) is 0 Å². The maximum absolute atomic E-state index is 12.5. The summed E-state index contributed by atoms with van der Waals surface area (Å²) < 4.78 is 26.0. The smallest absolute Gasteiger partial charge is 0.268 e. The number of aromatic nitrogens is 1. The van der Waals surface area contributed by atoms with Crippen molar-refractivity contribution < 1.29 is 18.0 Å². The van der Waals surface area contributed by atoms with Gasteiger partial charge in [0.15, 0.2) is 0 Å². The highest BCUT2D eigenvalue weighted by Crippen LogP contribution is 2.23. The number of hydrogen-bond acceptors (Lipinski definition) is 4. The minimum atomic E-state index is -3.78. The molecule has 0 fully saturated rings. The lowest BCUT2D eigenvalue weighted by atomic mass is 10.0. The lowest BCUT2D eigenvalue weighted by Gasteiger charge is -2.10. The van der Waals surface area contributed by atoms with E-state index in [4.69, 9.17) is 0 Å². The third-order valence-corrected chi connectivity index (χ3v) is 4.76. The summed E-state index contributed by atoms with van der Waals surface area (Å²) in [6.45, 7) is 0. The molecular weight excluding hydrogens is 278 g/mol. The molecule has 5 nitrogen and oxygen atoms in total. The number of nitrogens with zero attached hydrogens (tertiary/aromatic N) is 1. The molecule has 0 saturated carbocycles. The van der Waals surface area contributed by atoms with Crippen molar-refractivity contribution in [1.29, 1.82) is 0 Å². The van der Waals surface area contributed by atoms with Crippen molar-refractivity contribution in [3.05, 3.63) is 59.9 Å². The Bertz CT molecular complexity index is 845. The molecule has 1 aliphatic carbocycles. The summed E-state index contributed by atoms with van der Waals surface area (Å²) in [5.74, 6) is -1.34. The van der Waals surface area contributed by atoms with Crippen LogP contribution in [0.15, 0.2) is 53.6 Å². The Morgan fingerprint density at radius 1 is 0.900 bits per heavy atom. The van der Waals surface area contributed by atoms with Gasteiger partial charge >= 0.3 is 0 Å². The van der Waals surface area contributed by atoms with Crippen LogP contribution < -0.4 is 0 Å². The van der Waals surface area contributed by atoms with Gasteiger partial charge in [0.25, 0.3) is 10.0 Å². The van der Waals surface area contributed by atoms with Crippen LogP contribution in [0.25, 0.3) is 6.08 Å². The normalized spacial score (nSPS) is 14.4. The third kappa shape index (κ3) is 1.73. The fourth-order valence-corrected chi connectivity index (χ4v) is 3.43. The van der Waals surface area contributed by atoms with Gasteiger partial charge in [0, 0.05) is 6.20 Å². The summed E-state index contributed by atoms with van der Waals surface area (Å²) in [5.41, 5.74) is 0.315. The van der Waals surface area contributed by atoms with Gasteiger partial charge < -0.3 is 0 Å². The third-order valence-electron chi connectivity index (χ3n) is 3.05. The fourth-order valence-electron chi connectivity index (χ4n) is 2.06. The SMILES string of the molecule is O=C1C=Cc2c(ccn2S(=O)(=O)c2ccccc2)C1=O. The summed E-state index contributed by atoms with van der Waals surface area (Å²) in [7, 11) is -3.78. The minimum Gasteiger partial charge on any atom is -0.286 e. The number of carbonyl (C=O) groups is 2. The zero-order valence-electron chi connectivity index (χ0n) is 10.2. The number of fused-ring (bicyclic) bond motifs is 1. The fraction of sp³-hybridized carbons (Fsp3) is 0. The molecule has 1 aliphatic rings. The van der Waals surface area contributed by atoms with Crippen LogP contribution in [0, 0.1) is 0 Å². The van der Waals surface area contributed by atoms with Crippen LogP contribution in [0.2, 0.25) is 0 Å². The Labute approximate surface area is 115 Å². The topological polar surface area (TPSA) is 73.2 Å². The van der Waals surface area contributed by atoms with E-state index < -0.39 is 21.6 Å². The van der Waals surface area contributed by atoms with E-state index in [1.54, 1.807) is 18.2 Å². The largest absolute Gasteiger partial charge is 0.286 e. The van der Waals surface area contributed by atoms with Crippen LogP contribution in [0.4, 0.5) is 0 Å². The molecule has 0 spiro atoms. The second-order valence-electron chi connectivity index (χ2n) is 4.26. The molecule has 1 heterocycles. The van der Waals surface area contributed by atoms with Crippen LogP contribution in [0.3, 0.4) is 0 Å². The van der Waals surface area contributed by atoms with Gasteiger partial charge in [-0.05, 0) is 30.4 Å².